The van der Waals surface area contributed by atoms with Gasteiger partial charge in [0.15, 0.2) is 0 Å². The van der Waals surface area contributed by atoms with Crippen molar-refractivity contribution in [1.82, 2.24) is 0 Å². The van der Waals surface area contributed by atoms with Gasteiger partial charge in [-0.1, -0.05) is 13.8 Å². The molecule has 10 heavy (non-hydrogen) atoms. The summed E-state index contributed by atoms with van der Waals surface area (Å²) in [4.78, 5) is 0. The Morgan fingerprint density at radius 3 is 1.20 bits per heavy atom. The van der Waals surface area contributed by atoms with Crippen molar-refractivity contribution >= 4 is 0 Å². The fourth-order valence-electron chi connectivity index (χ4n) is 1.06. The minimum atomic E-state index is -0.140. The summed E-state index contributed by atoms with van der Waals surface area (Å²) in [7, 11) is 0. The fourth-order valence-corrected chi connectivity index (χ4v) is 1.06. The van der Waals surface area contributed by atoms with Crippen LogP contribution in [0.25, 0.3) is 0 Å². The molecule has 1 fully saturated rings. The van der Waals surface area contributed by atoms with Crippen molar-refractivity contribution in [3.63, 3.8) is 0 Å². The normalized spacial score (nSPS) is 32.4. The van der Waals surface area contributed by atoms with Gasteiger partial charge in [-0.3, -0.25) is 0 Å². The Labute approximate surface area is 62.9 Å². The third-order valence-electron chi connectivity index (χ3n) is 1.67. The second-order valence-corrected chi connectivity index (χ2v) is 2.46. The van der Waals surface area contributed by atoms with Crippen LogP contribution in [0, 0.1) is 0 Å². The summed E-state index contributed by atoms with van der Waals surface area (Å²) in [5.74, 6) is 0. The topological polar surface area (TPSA) is 40.5 Å². The first-order valence-corrected chi connectivity index (χ1v) is 4.15. The van der Waals surface area contributed by atoms with Gasteiger partial charge in [0.1, 0.15) is 0 Å². The average molecular weight is 146 g/mol. The molecule has 0 aliphatic heterocycles. The van der Waals surface area contributed by atoms with E-state index in [-0.39, 0.29) is 12.2 Å². The lowest BCUT2D eigenvalue weighted by Gasteiger charge is -2.20. The number of rotatable bonds is 0. The molecule has 0 aromatic rings. The molecule has 0 atom stereocenters. The highest BCUT2D eigenvalue weighted by Gasteiger charge is 2.15. The van der Waals surface area contributed by atoms with Crippen LogP contribution in [0.15, 0.2) is 0 Å². The van der Waals surface area contributed by atoms with Gasteiger partial charge in [-0.05, 0) is 25.7 Å². The second kappa shape index (κ2) is 5.69. The van der Waals surface area contributed by atoms with Crippen molar-refractivity contribution < 1.29 is 10.2 Å². The fraction of sp³-hybridized carbons (Fsp3) is 1.00. The summed E-state index contributed by atoms with van der Waals surface area (Å²) in [5.41, 5.74) is 0. The van der Waals surface area contributed by atoms with Crippen molar-refractivity contribution in [2.45, 2.75) is 51.7 Å². The quantitative estimate of drug-likeness (QED) is 0.541. The Morgan fingerprint density at radius 1 is 0.800 bits per heavy atom. The first-order chi connectivity index (χ1) is 4.79. The van der Waals surface area contributed by atoms with Crippen LogP contribution in [-0.4, -0.2) is 22.4 Å². The second-order valence-electron chi connectivity index (χ2n) is 2.46. The molecule has 0 bridgehead atoms. The molecular formula is C8H18O2. The van der Waals surface area contributed by atoms with E-state index in [1.54, 1.807) is 0 Å². The van der Waals surface area contributed by atoms with E-state index in [0.717, 1.165) is 25.7 Å². The van der Waals surface area contributed by atoms with Crippen molar-refractivity contribution in [2.24, 2.45) is 0 Å². The summed E-state index contributed by atoms with van der Waals surface area (Å²) in [6, 6.07) is 0. The van der Waals surface area contributed by atoms with Gasteiger partial charge in [-0.25, -0.2) is 0 Å². The minimum absolute atomic E-state index is 0.140. The molecule has 2 heteroatoms. The van der Waals surface area contributed by atoms with Gasteiger partial charge in [0.05, 0.1) is 12.2 Å². The van der Waals surface area contributed by atoms with Gasteiger partial charge in [0.25, 0.3) is 0 Å². The van der Waals surface area contributed by atoms with Gasteiger partial charge in [0.2, 0.25) is 0 Å². The lowest BCUT2D eigenvalue weighted by Crippen LogP contribution is -2.21. The molecule has 0 aromatic heterocycles. The zero-order valence-electron chi connectivity index (χ0n) is 6.88. The summed E-state index contributed by atoms with van der Waals surface area (Å²) < 4.78 is 0. The molecule has 2 nitrogen and oxygen atoms in total. The van der Waals surface area contributed by atoms with Crippen LogP contribution in [0.5, 0.6) is 0 Å². The molecule has 1 aliphatic rings. The highest BCUT2D eigenvalue weighted by atomic mass is 16.3. The van der Waals surface area contributed by atoms with Gasteiger partial charge >= 0.3 is 0 Å². The molecule has 0 saturated heterocycles. The summed E-state index contributed by atoms with van der Waals surface area (Å²) in [6.07, 6.45) is 2.83. The first kappa shape index (κ1) is 9.92. The highest BCUT2D eigenvalue weighted by Crippen LogP contribution is 2.17. The highest BCUT2D eigenvalue weighted by molar-refractivity contribution is 4.69. The minimum Gasteiger partial charge on any atom is -0.393 e. The Hall–Kier alpha value is -0.0800. The maximum atomic E-state index is 8.92. The molecule has 62 valence electrons. The number of hydrogen-bond acceptors (Lipinski definition) is 2. The number of aliphatic hydroxyl groups excluding tert-OH is 2. The average Bonchev–Trinajstić information content (AvgIpc) is 2.00. The SMILES string of the molecule is CC.OC1CCC(O)CC1. The molecule has 0 amide bonds. The molecular weight excluding hydrogens is 128 g/mol. The van der Waals surface area contributed by atoms with Crippen molar-refractivity contribution in [2.75, 3.05) is 0 Å². The van der Waals surface area contributed by atoms with Gasteiger partial charge < -0.3 is 10.2 Å². The Kier molecular flexibility index (Phi) is 5.64. The monoisotopic (exact) mass is 146 g/mol. The van der Waals surface area contributed by atoms with E-state index < -0.39 is 0 Å². The molecule has 0 heterocycles. The number of hydrogen-bond donors (Lipinski definition) is 2. The Bertz CT molecular complexity index is 55.7. The summed E-state index contributed by atoms with van der Waals surface area (Å²) in [6.45, 7) is 4.00. The predicted octanol–water partition coefficient (Wildman–Crippen LogP) is 1.31. The van der Waals surface area contributed by atoms with Gasteiger partial charge in [-0.2, -0.15) is 0 Å². The molecule has 0 radical (unpaired) electrons. The lowest BCUT2D eigenvalue weighted by atomic mass is 9.95. The van der Waals surface area contributed by atoms with Crippen molar-refractivity contribution in [3.8, 4) is 0 Å². The van der Waals surface area contributed by atoms with E-state index in [1.165, 1.54) is 0 Å². The zero-order valence-corrected chi connectivity index (χ0v) is 6.88. The zero-order chi connectivity index (χ0) is 7.98. The molecule has 1 aliphatic carbocycles. The van der Waals surface area contributed by atoms with E-state index >= 15 is 0 Å². The summed E-state index contributed by atoms with van der Waals surface area (Å²) >= 11 is 0. The third kappa shape index (κ3) is 3.85. The van der Waals surface area contributed by atoms with Gasteiger partial charge in [-0.15, -0.1) is 0 Å². The van der Waals surface area contributed by atoms with E-state index in [9.17, 15) is 0 Å². The number of aliphatic hydroxyl groups is 2. The van der Waals surface area contributed by atoms with Crippen LogP contribution in [-0.2, 0) is 0 Å². The molecule has 1 saturated carbocycles. The molecule has 1 rings (SSSR count). The first-order valence-electron chi connectivity index (χ1n) is 4.15. The van der Waals surface area contributed by atoms with E-state index in [2.05, 4.69) is 0 Å². The van der Waals surface area contributed by atoms with Crippen molar-refractivity contribution in [3.05, 3.63) is 0 Å². The van der Waals surface area contributed by atoms with Crippen LogP contribution in [0.1, 0.15) is 39.5 Å². The largest absolute Gasteiger partial charge is 0.393 e. The van der Waals surface area contributed by atoms with Crippen LogP contribution >= 0.6 is 0 Å². The molecule has 0 aromatic carbocycles. The predicted molar refractivity (Wildman–Crippen MR) is 41.8 cm³/mol. The van der Waals surface area contributed by atoms with Crippen LogP contribution in [0.3, 0.4) is 0 Å². The maximum Gasteiger partial charge on any atom is 0.0542 e. The van der Waals surface area contributed by atoms with E-state index in [4.69, 9.17) is 10.2 Å². The van der Waals surface area contributed by atoms with E-state index in [0.29, 0.717) is 0 Å². The standard InChI is InChI=1S/C6H12O2.C2H6/c7-5-1-2-6(8)4-3-5;1-2/h5-8H,1-4H2;1-2H3. The maximum absolute atomic E-state index is 8.92. The molecule has 2 N–H and O–H groups in total. The van der Waals surface area contributed by atoms with Gasteiger partial charge in [0, 0.05) is 0 Å². The third-order valence-corrected chi connectivity index (χ3v) is 1.67. The smallest absolute Gasteiger partial charge is 0.0542 e. The lowest BCUT2D eigenvalue weighted by molar-refractivity contribution is 0.0541. The molecule has 0 spiro atoms. The van der Waals surface area contributed by atoms with Crippen LogP contribution < -0.4 is 0 Å². The Balaban J connectivity index is 0.000000371. The van der Waals surface area contributed by atoms with Crippen LogP contribution in [0.2, 0.25) is 0 Å². The van der Waals surface area contributed by atoms with Crippen LogP contribution in [0.4, 0.5) is 0 Å². The Morgan fingerprint density at radius 2 is 1.00 bits per heavy atom. The molecule has 0 unspecified atom stereocenters. The van der Waals surface area contributed by atoms with E-state index in [1.807, 2.05) is 13.8 Å². The van der Waals surface area contributed by atoms with Crippen molar-refractivity contribution in [1.29, 1.82) is 0 Å². The summed E-state index contributed by atoms with van der Waals surface area (Å²) in [5, 5.41) is 17.8.